The SMILES string of the molecule is [2H]c1c([2H])c(-c2nc(-c3ccccc3)nc(-c3ccccc3)n2)c([2H])c([2H])c1-c1ccc2c(c1)C1(c3ccccc3-2)C2([2H])CC3CC(C2)CC1([2H])C3. The molecule has 1 spiro atoms. The topological polar surface area (TPSA) is 38.7 Å². The zero-order chi connectivity index (χ0) is 35.6. The minimum atomic E-state index is -0.847. The number of rotatable bonds is 4. The Balaban J connectivity index is 1.16. The van der Waals surface area contributed by atoms with Crippen molar-refractivity contribution in [2.24, 2.45) is 23.6 Å². The number of hydrogen-bond acceptors (Lipinski definition) is 3. The Morgan fingerprint density at radius 2 is 0.978 bits per heavy atom. The molecule has 0 aliphatic heterocycles. The number of hydrogen-bond donors (Lipinski definition) is 0. The van der Waals surface area contributed by atoms with Crippen molar-refractivity contribution < 1.29 is 8.22 Å². The first kappa shape index (κ1) is 21.0. The van der Waals surface area contributed by atoms with E-state index >= 15 is 0 Å². The van der Waals surface area contributed by atoms with Gasteiger partial charge in [0.2, 0.25) is 0 Å². The van der Waals surface area contributed by atoms with Crippen LogP contribution in [-0.2, 0) is 5.41 Å². The van der Waals surface area contributed by atoms with Gasteiger partial charge in [0.1, 0.15) is 0 Å². The molecule has 3 heteroatoms. The van der Waals surface area contributed by atoms with Gasteiger partial charge in [0.25, 0.3) is 0 Å². The van der Waals surface area contributed by atoms with Crippen molar-refractivity contribution in [2.45, 2.75) is 37.5 Å². The van der Waals surface area contributed by atoms with Crippen LogP contribution in [0.2, 0.25) is 0 Å². The van der Waals surface area contributed by atoms with Crippen LogP contribution < -0.4 is 0 Å². The maximum Gasteiger partial charge on any atom is 0.164 e. The predicted octanol–water partition coefficient (Wildman–Crippen LogP) is 10.3. The molecule has 5 aliphatic rings. The lowest BCUT2D eigenvalue weighted by molar-refractivity contribution is -0.0399. The molecule has 0 radical (unpaired) electrons. The Bertz CT molecular complexity index is 2330. The summed E-state index contributed by atoms with van der Waals surface area (Å²) in [7, 11) is 0. The van der Waals surface area contributed by atoms with Crippen LogP contribution in [0.4, 0.5) is 0 Å². The fourth-order valence-electron chi connectivity index (χ4n) is 9.06. The zero-order valence-electron chi connectivity index (χ0n) is 31.3. The van der Waals surface area contributed by atoms with E-state index in [9.17, 15) is 8.22 Å². The highest BCUT2D eigenvalue weighted by Gasteiger charge is 2.61. The number of nitrogens with zero attached hydrogens (tertiary/aromatic N) is 3. The van der Waals surface area contributed by atoms with Crippen molar-refractivity contribution in [3.63, 3.8) is 0 Å². The summed E-state index contributed by atoms with van der Waals surface area (Å²) in [4.78, 5) is 14.2. The molecule has 4 saturated carbocycles. The standard InChI is InChI=1S/C43H35N3/c1-3-9-30(10-4-1)40-44-41(31-11-5-2-6-12-31)46-42(45-40)32-17-15-29(16-18-32)33-19-20-37-36-13-7-8-14-38(36)43(39(37)26-33)34-22-27-21-28(24-34)25-35(43)23-27/h1-20,26-28,34-35H,21-25H2/i15D,16D,17D,18D,34D,35D. The second-order valence-corrected chi connectivity index (χ2v) is 13.3. The molecular weight excluding hydrogens is 558 g/mol. The first-order valence-corrected chi connectivity index (χ1v) is 16.3. The van der Waals surface area contributed by atoms with E-state index in [-0.39, 0.29) is 41.1 Å². The molecule has 5 aliphatic carbocycles. The lowest BCUT2D eigenvalue weighted by atomic mass is 9.43. The monoisotopic (exact) mass is 599 g/mol. The molecule has 4 bridgehead atoms. The van der Waals surface area contributed by atoms with Crippen LogP contribution in [0.3, 0.4) is 0 Å². The van der Waals surface area contributed by atoms with Crippen molar-refractivity contribution in [3.8, 4) is 56.4 Å². The third kappa shape index (κ3) is 3.87. The molecule has 4 fully saturated rings. The molecule has 0 N–H and O–H groups in total. The summed E-state index contributed by atoms with van der Waals surface area (Å²) in [6, 6.07) is 32.2. The number of aromatic nitrogens is 3. The fraction of sp³-hybridized carbons (Fsp3) is 0.233. The second kappa shape index (κ2) is 10.1. The molecule has 1 aromatic heterocycles. The van der Waals surface area contributed by atoms with Gasteiger partial charge in [-0.2, -0.15) is 0 Å². The maximum atomic E-state index is 10.2. The van der Waals surface area contributed by atoms with Gasteiger partial charge in [-0.3, -0.25) is 0 Å². The highest BCUT2D eigenvalue weighted by Crippen LogP contribution is 2.69. The third-order valence-electron chi connectivity index (χ3n) is 10.7. The van der Waals surface area contributed by atoms with Gasteiger partial charge in [-0.1, -0.05) is 121 Å². The quantitative estimate of drug-likeness (QED) is 0.202. The van der Waals surface area contributed by atoms with Crippen LogP contribution in [-0.4, -0.2) is 15.0 Å². The van der Waals surface area contributed by atoms with Gasteiger partial charge < -0.3 is 0 Å². The second-order valence-electron chi connectivity index (χ2n) is 13.3. The van der Waals surface area contributed by atoms with E-state index in [1.165, 1.54) is 0 Å². The highest BCUT2D eigenvalue weighted by molar-refractivity contribution is 5.85. The summed E-state index contributed by atoms with van der Waals surface area (Å²) in [5.74, 6) is -0.100. The summed E-state index contributed by atoms with van der Waals surface area (Å²) >= 11 is 0. The minimum absolute atomic E-state index is 0.0109. The minimum Gasteiger partial charge on any atom is -0.208 e. The van der Waals surface area contributed by atoms with E-state index in [0.29, 0.717) is 29.0 Å². The van der Waals surface area contributed by atoms with E-state index in [2.05, 4.69) is 12.1 Å². The van der Waals surface area contributed by atoms with Crippen LogP contribution in [0.5, 0.6) is 0 Å². The summed E-state index contributed by atoms with van der Waals surface area (Å²) < 4.78 is 57.7. The van der Waals surface area contributed by atoms with Gasteiger partial charge in [-0.15, -0.1) is 0 Å². The first-order chi connectivity index (χ1) is 25.1. The van der Waals surface area contributed by atoms with E-state index in [1.54, 1.807) is 0 Å². The van der Waals surface area contributed by atoms with Crippen LogP contribution in [0, 0.1) is 23.6 Å². The largest absolute Gasteiger partial charge is 0.208 e. The molecule has 222 valence electrons. The highest BCUT2D eigenvalue weighted by atomic mass is 15.0. The predicted molar refractivity (Wildman–Crippen MR) is 185 cm³/mol. The summed E-state index contributed by atoms with van der Waals surface area (Å²) in [5, 5.41) is 0. The smallest absolute Gasteiger partial charge is 0.164 e. The Morgan fingerprint density at radius 3 is 1.59 bits per heavy atom. The molecule has 3 nitrogen and oxygen atoms in total. The van der Waals surface area contributed by atoms with E-state index in [4.69, 9.17) is 15.0 Å². The van der Waals surface area contributed by atoms with Crippen LogP contribution in [0.1, 0.15) is 51.5 Å². The molecule has 0 atom stereocenters. The molecule has 11 rings (SSSR count). The van der Waals surface area contributed by atoms with E-state index < -0.39 is 17.2 Å². The molecule has 0 unspecified atom stereocenters. The van der Waals surface area contributed by atoms with Gasteiger partial charge in [-0.05, 0) is 95.2 Å². The summed E-state index contributed by atoms with van der Waals surface area (Å²) in [6.07, 6.45) is 4.17. The fourth-order valence-corrected chi connectivity index (χ4v) is 9.06. The molecular formula is C43H35N3. The first-order valence-electron chi connectivity index (χ1n) is 19.3. The Kier molecular flexibility index (Phi) is 4.59. The Hall–Kier alpha value is -4.89. The molecule has 0 amide bonds. The van der Waals surface area contributed by atoms with Crippen LogP contribution >= 0.6 is 0 Å². The van der Waals surface area contributed by atoms with Gasteiger partial charge >= 0.3 is 0 Å². The molecule has 5 aromatic carbocycles. The van der Waals surface area contributed by atoms with Crippen LogP contribution in [0.15, 0.2) is 127 Å². The van der Waals surface area contributed by atoms with Crippen molar-refractivity contribution in [2.75, 3.05) is 0 Å². The van der Waals surface area contributed by atoms with Crippen LogP contribution in [0.25, 0.3) is 56.4 Å². The van der Waals surface area contributed by atoms with E-state index in [0.717, 1.165) is 65.5 Å². The molecule has 0 saturated heterocycles. The van der Waals surface area contributed by atoms with Gasteiger partial charge in [0.15, 0.2) is 17.5 Å². The summed E-state index contributed by atoms with van der Waals surface area (Å²) in [6.45, 7) is 0. The number of fused-ring (bicyclic) bond motifs is 3. The molecule has 1 heterocycles. The van der Waals surface area contributed by atoms with E-state index in [1.807, 2.05) is 91.0 Å². The zero-order valence-corrected chi connectivity index (χ0v) is 25.3. The Morgan fingerprint density at radius 1 is 0.478 bits per heavy atom. The van der Waals surface area contributed by atoms with Crippen molar-refractivity contribution in [3.05, 3.63) is 138 Å². The van der Waals surface area contributed by atoms with Gasteiger partial charge in [-0.25, -0.2) is 15.0 Å². The van der Waals surface area contributed by atoms with Crippen molar-refractivity contribution in [1.82, 2.24) is 15.0 Å². The molecule has 6 aromatic rings. The van der Waals surface area contributed by atoms with Gasteiger partial charge in [0, 0.05) is 24.8 Å². The lowest BCUT2D eigenvalue weighted by Gasteiger charge is -2.61. The average Bonchev–Trinajstić information content (AvgIpc) is 3.45. The molecule has 46 heavy (non-hydrogen) atoms. The van der Waals surface area contributed by atoms with Crippen molar-refractivity contribution in [1.29, 1.82) is 0 Å². The maximum absolute atomic E-state index is 10.2. The van der Waals surface area contributed by atoms with Crippen molar-refractivity contribution >= 4 is 0 Å². The van der Waals surface area contributed by atoms with Gasteiger partial charge in [0.05, 0.1) is 5.48 Å². The summed E-state index contributed by atoms with van der Waals surface area (Å²) in [5.41, 5.74) is 5.44. The Labute approximate surface area is 278 Å². The normalized spacial score (nSPS) is 30.1. The lowest BCUT2D eigenvalue weighted by Crippen LogP contribution is -2.55. The third-order valence-corrected chi connectivity index (χ3v) is 10.7. The average molecular weight is 600 g/mol. The number of benzene rings is 5.